The summed E-state index contributed by atoms with van der Waals surface area (Å²) in [4.78, 5) is 0. The lowest BCUT2D eigenvalue weighted by molar-refractivity contribution is 0.368. The summed E-state index contributed by atoms with van der Waals surface area (Å²) in [6.07, 6.45) is 20.2. The van der Waals surface area contributed by atoms with Gasteiger partial charge < -0.3 is 0 Å². The molecule has 4 unspecified atom stereocenters. The average molecular weight is 367 g/mol. The van der Waals surface area contributed by atoms with Gasteiger partial charge in [-0.25, -0.2) is 0 Å². The maximum Gasteiger partial charge on any atom is -0.0443 e. The fraction of sp³-hybridized carbons (Fsp3) is 1.00. The molecular formula is C26H54. The molecule has 0 bridgehead atoms. The van der Waals surface area contributed by atoms with E-state index >= 15 is 0 Å². The summed E-state index contributed by atoms with van der Waals surface area (Å²) < 4.78 is 0. The van der Waals surface area contributed by atoms with Gasteiger partial charge in [0.05, 0.1) is 0 Å². The smallest absolute Gasteiger partial charge is 0.0443 e. The monoisotopic (exact) mass is 366 g/mol. The molecule has 0 saturated carbocycles. The van der Waals surface area contributed by atoms with Crippen LogP contribution in [-0.4, -0.2) is 0 Å². The number of unbranched alkanes of at least 4 members (excludes halogenated alkanes) is 1. The van der Waals surface area contributed by atoms with Gasteiger partial charge in [0, 0.05) is 0 Å². The molecule has 4 atom stereocenters. The number of rotatable bonds is 18. The van der Waals surface area contributed by atoms with Crippen molar-refractivity contribution in [1.82, 2.24) is 0 Å². The van der Waals surface area contributed by atoms with Crippen LogP contribution in [0.1, 0.15) is 138 Å². The highest BCUT2D eigenvalue weighted by atomic mass is 14.1. The molecular weight excluding hydrogens is 312 g/mol. The predicted molar refractivity (Wildman–Crippen MR) is 122 cm³/mol. The zero-order valence-electron chi connectivity index (χ0n) is 19.8. The van der Waals surface area contributed by atoms with Gasteiger partial charge in [-0.15, -0.1) is 0 Å². The Balaban J connectivity index is 3.51. The van der Waals surface area contributed by atoms with Crippen molar-refractivity contribution < 1.29 is 0 Å². The Bertz CT molecular complexity index is 280. The molecule has 0 saturated heterocycles. The van der Waals surface area contributed by atoms with Crippen LogP contribution in [0.4, 0.5) is 0 Å². The molecule has 0 aromatic heterocycles. The summed E-state index contributed by atoms with van der Waals surface area (Å²) in [5.74, 6) is 4.64. The molecule has 158 valence electrons. The molecule has 0 rings (SSSR count). The van der Waals surface area contributed by atoms with Crippen LogP contribution in [0.15, 0.2) is 0 Å². The maximum atomic E-state index is 2.49. The fourth-order valence-electron chi connectivity index (χ4n) is 4.13. The molecule has 0 aliphatic heterocycles. The van der Waals surface area contributed by atoms with E-state index in [1.165, 1.54) is 89.9 Å². The van der Waals surface area contributed by atoms with Crippen molar-refractivity contribution in [2.75, 3.05) is 0 Å². The zero-order chi connectivity index (χ0) is 19.8. The van der Waals surface area contributed by atoms with Crippen molar-refractivity contribution in [1.29, 1.82) is 0 Å². The van der Waals surface area contributed by atoms with E-state index in [4.69, 9.17) is 0 Å². The van der Waals surface area contributed by atoms with Crippen molar-refractivity contribution >= 4 is 0 Å². The summed E-state index contributed by atoms with van der Waals surface area (Å²) in [5, 5.41) is 0. The highest BCUT2D eigenvalue weighted by Crippen LogP contribution is 2.23. The number of hydrogen-bond donors (Lipinski definition) is 0. The Morgan fingerprint density at radius 1 is 0.385 bits per heavy atom. The molecule has 0 heterocycles. The molecule has 0 aliphatic rings. The quantitative estimate of drug-likeness (QED) is 0.212. The van der Waals surface area contributed by atoms with Gasteiger partial charge in [-0.05, 0) is 29.6 Å². The van der Waals surface area contributed by atoms with E-state index in [0.29, 0.717) is 0 Å². The topological polar surface area (TPSA) is 0 Å². The first-order valence-corrected chi connectivity index (χ1v) is 12.3. The second-order valence-corrected chi connectivity index (χ2v) is 10.3. The van der Waals surface area contributed by atoms with E-state index in [2.05, 4.69) is 48.5 Å². The summed E-state index contributed by atoms with van der Waals surface area (Å²) >= 11 is 0. The summed E-state index contributed by atoms with van der Waals surface area (Å²) in [6, 6.07) is 0. The first-order chi connectivity index (χ1) is 12.3. The van der Waals surface area contributed by atoms with E-state index in [-0.39, 0.29) is 0 Å². The summed E-state index contributed by atoms with van der Waals surface area (Å²) in [7, 11) is 0. The van der Waals surface area contributed by atoms with Crippen molar-refractivity contribution in [2.24, 2.45) is 29.6 Å². The van der Waals surface area contributed by atoms with Gasteiger partial charge in [0.15, 0.2) is 0 Å². The van der Waals surface area contributed by atoms with Gasteiger partial charge in [-0.3, -0.25) is 0 Å². The molecule has 0 aromatic carbocycles. The largest absolute Gasteiger partial charge is 0.0651 e. The van der Waals surface area contributed by atoms with Crippen LogP contribution in [-0.2, 0) is 0 Å². The maximum absolute atomic E-state index is 2.49. The Morgan fingerprint density at radius 3 is 1.04 bits per heavy atom. The SMILES string of the molecule is CCC(C)CCCCC(C)CCCC(C)CCCC(C)CCCC(C)C. The summed E-state index contributed by atoms with van der Waals surface area (Å²) in [6.45, 7) is 16.8. The van der Waals surface area contributed by atoms with E-state index in [9.17, 15) is 0 Å². The van der Waals surface area contributed by atoms with Crippen molar-refractivity contribution in [3.8, 4) is 0 Å². The molecule has 0 nitrogen and oxygen atoms in total. The fourth-order valence-corrected chi connectivity index (χ4v) is 4.13. The van der Waals surface area contributed by atoms with E-state index in [1.54, 1.807) is 0 Å². The minimum absolute atomic E-state index is 0.879. The van der Waals surface area contributed by atoms with Crippen molar-refractivity contribution in [3.05, 3.63) is 0 Å². The molecule has 0 heteroatoms. The molecule has 0 N–H and O–H groups in total. The van der Waals surface area contributed by atoms with Gasteiger partial charge in [0.2, 0.25) is 0 Å². The first-order valence-electron chi connectivity index (χ1n) is 12.3. The standard InChI is InChI=1S/C26H54/c1-8-23(4)15-9-10-16-24(5)18-12-20-26(7)21-13-19-25(6)17-11-14-22(2)3/h22-26H,8-21H2,1-7H3. The third-order valence-electron chi connectivity index (χ3n) is 6.61. The van der Waals surface area contributed by atoms with Crippen LogP contribution >= 0.6 is 0 Å². The lowest BCUT2D eigenvalue weighted by Gasteiger charge is -2.16. The lowest BCUT2D eigenvalue weighted by Crippen LogP contribution is -2.01. The van der Waals surface area contributed by atoms with Crippen molar-refractivity contribution in [3.63, 3.8) is 0 Å². The van der Waals surface area contributed by atoms with Crippen LogP contribution in [0.2, 0.25) is 0 Å². The molecule has 0 aliphatic carbocycles. The molecule has 0 spiro atoms. The Labute approximate surface area is 168 Å². The minimum atomic E-state index is 0.879. The van der Waals surface area contributed by atoms with Crippen LogP contribution in [0, 0.1) is 29.6 Å². The van der Waals surface area contributed by atoms with Gasteiger partial charge in [0.25, 0.3) is 0 Å². The lowest BCUT2D eigenvalue weighted by atomic mass is 9.90. The van der Waals surface area contributed by atoms with Gasteiger partial charge in [0.1, 0.15) is 0 Å². The molecule has 0 aromatic rings. The molecule has 26 heavy (non-hydrogen) atoms. The Hall–Kier alpha value is 0. The van der Waals surface area contributed by atoms with E-state index in [1.807, 2.05) is 0 Å². The second kappa shape index (κ2) is 17.1. The highest BCUT2D eigenvalue weighted by Gasteiger charge is 2.08. The predicted octanol–water partition coefficient (Wildman–Crippen LogP) is 9.67. The zero-order valence-corrected chi connectivity index (χ0v) is 19.8. The molecule has 0 amide bonds. The van der Waals surface area contributed by atoms with Crippen LogP contribution in [0.25, 0.3) is 0 Å². The van der Waals surface area contributed by atoms with Gasteiger partial charge in [-0.1, -0.05) is 138 Å². The Morgan fingerprint density at radius 2 is 0.692 bits per heavy atom. The first kappa shape index (κ1) is 26.0. The number of hydrogen-bond acceptors (Lipinski definition) is 0. The van der Waals surface area contributed by atoms with Crippen molar-refractivity contribution in [2.45, 2.75) is 138 Å². The third-order valence-corrected chi connectivity index (χ3v) is 6.61. The highest BCUT2D eigenvalue weighted by molar-refractivity contribution is 4.61. The van der Waals surface area contributed by atoms with Crippen LogP contribution < -0.4 is 0 Å². The summed E-state index contributed by atoms with van der Waals surface area (Å²) in [5.41, 5.74) is 0. The molecule has 0 radical (unpaired) electrons. The Kier molecular flexibility index (Phi) is 17.1. The van der Waals surface area contributed by atoms with Crippen LogP contribution in [0.5, 0.6) is 0 Å². The second-order valence-electron chi connectivity index (χ2n) is 10.3. The van der Waals surface area contributed by atoms with Crippen LogP contribution in [0.3, 0.4) is 0 Å². The van der Waals surface area contributed by atoms with E-state index < -0.39 is 0 Å². The van der Waals surface area contributed by atoms with E-state index in [0.717, 1.165) is 29.6 Å². The third kappa shape index (κ3) is 17.4. The van der Waals surface area contributed by atoms with Gasteiger partial charge >= 0.3 is 0 Å². The normalized spacial score (nSPS) is 16.6. The van der Waals surface area contributed by atoms with Gasteiger partial charge in [-0.2, -0.15) is 0 Å². The average Bonchev–Trinajstić information content (AvgIpc) is 2.58. The minimum Gasteiger partial charge on any atom is -0.0651 e. The molecule has 0 fully saturated rings.